The van der Waals surface area contributed by atoms with Crippen molar-refractivity contribution < 1.29 is 19.4 Å². The Morgan fingerprint density at radius 2 is 2.04 bits per heavy atom. The molecule has 1 aromatic heterocycles. The van der Waals surface area contributed by atoms with Crippen molar-refractivity contribution in [2.75, 3.05) is 13.7 Å². The second kappa shape index (κ2) is 7.21. The molecule has 5 nitrogen and oxygen atoms in total. The maximum Gasteiger partial charge on any atom is 0.346 e. The monoisotopic (exact) mass is 348 g/mol. The Hall–Kier alpha value is -2.08. The fourth-order valence-corrected chi connectivity index (χ4v) is 3.99. The zero-order valence-corrected chi connectivity index (χ0v) is 14.4. The Bertz CT molecular complexity index is 805. The Morgan fingerprint density at radius 3 is 2.75 bits per heavy atom. The maximum atomic E-state index is 12.0. The molecule has 1 fully saturated rings. The molecule has 0 amide bonds. The summed E-state index contributed by atoms with van der Waals surface area (Å²) < 4.78 is 10.5. The minimum absolute atomic E-state index is 0.320. The maximum absolute atomic E-state index is 12.0. The van der Waals surface area contributed by atoms with Crippen LogP contribution in [0.15, 0.2) is 23.0 Å². The number of hydrogen-bond acceptors (Lipinski definition) is 6. The van der Waals surface area contributed by atoms with E-state index in [0.717, 1.165) is 11.3 Å². The number of rotatable bonds is 4. The van der Waals surface area contributed by atoms with Crippen LogP contribution in [0.4, 0.5) is 0 Å². The van der Waals surface area contributed by atoms with Gasteiger partial charge in [0, 0.05) is 10.1 Å². The molecule has 1 saturated carbocycles. The van der Waals surface area contributed by atoms with Crippen molar-refractivity contribution in [1.29, 1.82) is 0 Å². The average molecular weight is 348 g/mol. The van der Waals surface area contributed by atoms with Gasteiger partial charge < -0.3 is 14.6 Å². The van der Waals surface area contributed by atoms with E-state index in [9.17, 15) is 14.7 Å². The number of hydrogen-bond donors (Lipinski definition) is 1. The van der Waals surface area contributed by atoms with Crippen molar-refractivity contribution in [3.05, 3.63) is 33.3 Å². The summed E-state index contributed by atoms with van der Waals surface area (Å²) in [5.41, 5.74) is -0.320. The first-order chi connectivity index (χ1) is 11.6. The van der Waals surface area contributed by atoms with Gasteiger partial charge in [0.25, 0.3) is 4.74 Å². The smallest absolute Gasteiger partial charge is 0.346 e. The fraction of sp³-hybridized carbons (Fsp3) is 0.444. The summed E-state index contributed by atoms with van der Waals surface area (Å²) in [6.45, 7) is 0.652. The van der Waals surface area contributed by atoms with Gasteiger partial charge in [0.1, 0.15) is 11.5 Å². The lowest BCUT2D eigenvalue weighted by Crippen LogP contribution is -2.15. The summed E-state index contributed by atoms with van der Waals surface area (Å²) in [7, 11) is 1.18. The molecule has 1 aliphatic rings. The second-order valence-electron chi connectivity index (χ2n) is 6.08. The van der Waals surface area contributed by atoms with Gasteiger partial charge in [0.05, 0.1) is 13.7 Å². The topological polar surface area (TPSA) is 72.8 Å². The van der Waals surface area contributed by atoms with Gasteiger partial charge in [-0.15, -0.1) is 0 Å². The zero-order valence-electron chi connectivity index (χ0n) is 13.5. The highest BCUT2D eigenvalue weighted by atomic mass is 32.1. The molecule has 0 bridgehead atoms. The summed E-state index contributed by atoms with van der Waals surface area (Å²) in [5, 5.41) is 10.8. The molecular weight excluding hydrogens is 328 g/mol. The van der Waals surface area contributed by atoms with Gasteiger partial charge in [-0.05, 0) is 37.0 Å². The number of carbonyl (C=O) groups excluding carboxylic acids is 1. The molecule has 1 aliphatic carbocycles. The predicted octanol–water partition coefficient (Wildman–Crippen LogP) is 3.71. The number of benzene rings is 1. The van der Waals surface area contributed by atoms with E-state index in [-0.39, 0.29) is 11.3 Å². The SMILES string of the molecule is COC(=O)c1c(O)c2cc(OCC3CCCCC3)ccc2sc1=O. The first-order valence-electron chi connectivity index (χ1n) is 8.11. The highest BCUT2D eigenvalue weighted by Gasteiger charge is 2.20. The third kappa shape index (κ3) is 3.38. The van der Waals surface area contributed by atoms with Crippen molar-refractivity contribution in [2.45, 2.75) is 32.1 Å². The van der Waals surface area contributed by atoms with Crippen LogP contribution in [0.1, 0.15) is 42.5 Å². The average Bonchev–Trinajstić information content (AvgIpc) is 2.61. The van der Waals surface area contributed by atoms with Gasteiger partial charge in [-0.2, -0.15) is 0 Å². The van der Waals surface area contributed by atoms with Crippen LogP contribution >= 0.6 is 11.3 Å². The molecule has 2 aromatic rings. The first-order valence-corrected chi connectivity index (χ1v) is 8.92. The molecule has 0 atom stereocenters. The first kappa shape index (κ1) is 16.8. The lowest BCUT2D eigenvalue weighted by molar-refractivity contribution is 0.0597. The minimum Gasteiger partial charge on any atom is -0.506 e. The standard InChI is InChI=1S/C18H20O5S/c1-22-17(20)15-16(19)13-9-12(7-8-14(13)24-18(15)21)23-10-11-5-3-2-4-6-11/h7-9,11,19H,2-6,10H2,1H3. The number of esters is 1. The van der Waals surface area contributed by atoms with Crippen molar-refractivity contribution in [3.63, 3.8) is 0 Å². The molecule has 3 rings (SSSR count). The molecule has 0 spiro atoms. The fourth-order valence-electron chi connectivity index (χ4n) is 3.11. The van der Waals surface area contributed by atoms with Crippen LogP contribution in [0.3, 0.4) is 0 Å². The van der Waals surface area contributed by atoms with E-state index in [2.05, 4.69) is 4.74 Å². The van der Waals surface area contributed by atoms with Gasteiger partial charge in [0.2, 0.25) is 0 Å². The second-order valence-corrected chi connectivity index (χ2v) is 7.09. The highest BCUT2D eigenvalue weighted by molar-refractivity contribution is 7.16. The molecule has 0 radical (unpaired) electrons. The van der Waals surface area contributed by atoms with Crippen molar-refractivity contribution in [1.82, 2.24) is 0 Å². The van der Waals surface area contributed by atoms with Crippen molar-refractivity contribution >= 4 is 27.4 Å². The van der Waals surface area contributed by atoms with E-state index in [4.69, 9.17) is 4.74 Å². The van der Waals surface area contributed by atoms with E-state index < -0.39 is 10.7 Å². The van der Waals surface area contributed by atoms with Crippen LogP contribution in [0.2, 0.25) is 0 Å². The van der Waals surface area contributed by atoms with Gasteiger partial charge in [-0.25, -0.2) is 4.79 Å². The number of methoxy groups -OCH3 is 1. The quantitative estimate of drug-likeness (QED) is 0.853. The van der Waals surface area contributed by atoms with E-state index >= 15 is 0 Å². The lowest BCUT2D eigenvalue weighted by Gasteiger charge is -2.21. The molecule has 24 heavy (non-hydrogen) atoms. The molecular formula is C18H20O5S. The normalized spacial score (nSPS) is 15.4. The number of fused-ring (bicyclic) bond motifs is 1. The van der Waals surface area contributed by atoms with Crippen LogP contribution in [0.5, 0.6) is 11.5 Å². The van der Waals surface area contributed by atoms with Crippen LogP contribution in [-0.2, 0) is 4.74 Å². The summed E-state index contributed by atoms with van der Waals surface area (Å²) in [4.78, 5) is 23.7. The molecule has 6 heteroatoms. The van der Waals surface area contributed by atoms with Crippen LogP contribution in [-0.4, -0.2) is 24.8 Å². The van der Waals surface area contributed by atoms with E-state index in [1.807, 2.05) is 0 Å². The largest absolute Gasteiger partial charge is 0.506 e. The zero-order chi connectivity index (χ0) is 17.1. The number of ether oxygens (including phenoxy) is 2. The Labute approximate surface area is 143 Å². The predicted molar refractivity (Wildman–Crippen MR) is 93.2 cm³/mol. The third-order valence-corrected chi connectivity index (χ3v) is 5.42. The van der Waals surface area contributed by atoms with Gasteiger partial charge in [-0.3, -0.25) is 4.79 Å². The Balaban J connectivity index is 1.88. The molecule has 128 valence electrons. The third-order valence-electron chi connectivity index (χ3n) is 4.45. The molecule has 0 saturated heterocycles. The summed E-state index contributed by atoms with van der Waals surface area (Å²) in [6, 6.07) is 5.20. The summed E-state index contributed by atoms with van der Waals surface area (Å²) in [6.07, 6.45) is 6.18. The summed E-state index contributed by atoms with van der Waals surface area (Å²) >= 11 is 0.909. The van der Waals surface area contributed by atoms with E-state index in [1.54, 1.807) is 18.2 Å². The minimum atomic E-state index is -0.829. The van der Waals surface area contributed by atoms with Gasteiger partial charge in [-0.1, -0.05) is 30.6 Å². The summed E-state index contributed by atoms with van der Waals surface area (Å²) in [5.74, 6) is 0.0263. The van der Waals surface area contributed by atoms with Gasteiger partial charge in [0.15, 0.2) is 5.56 Å². The highest BCUT2D eigenvalue weighted by Crippen LogP contribution is 2.33. The van der Waals surface area contributed by atoms with E-state index in [0.29, 0.717) is 28.4 Å². The van der Waals surface area contributed by atoms with Gasteiger partial charge >= 0.3 is 5.97 Å². The Kier molecular flexibility index (Phi) is 5.04. The molecule has 0 unspecified atom stereocenters. The van der Waals surface area contributed by atoms with Crippen LogP contribution in [0, 0.1) is 5.92 Å². The lowest BCUT2D eigenvalue weighted by atomic mass is 9.90. The molecule has 0 aliphatic heterocycles. The van der Waals surface area contributed by atoms with Crippen molar-refractivity contribution in [2.24, 2.45) is 5.92 Å². The Morgan fingerprint density at radius 1 is 1.29 bits per heavy atom. The molecule has 1 N–H and O–H groups in total. The van der Waals surface area contributed by atoms with Crippen LogP contribution < -0.4 is 9.48 Å². The van der Waals surface area contributed by atoms with E-state index in [1.165, 1.54) is 39.2 Å². The van der Waals surface area contributed by atoms with Crippen LogP contribution in [0.25, 0.3) is 10.1 Å². The number of carbonyl (C=O) groups is 1. The number of aromatic hydroxyl groups is 1. The molecule has 1 heterocycles. The molecule has 1 aromatic carbocycles. The van der Waals surface area contributed by atoms with Crippen molar-refractivity contribution in [3.8, 4) is 11.5 Å².